The lowest BCUT2D eigenvalue weighted by molar-refractivity contribution is -0.167. The molecule has 0 unspecified atom stereocenters. The summed E-state index contributed by atoms with van der Waals surface area (Å²) in [6, 6.07) is 0. The summed E-state index contributed by atoms with van der Waals surface area (Å²) in [5.74, 6) is -0.404. The Labute approximate surface area is 144 Å². The third kappa shape index (κ3) is 2.80. The van der Waals surface area contributed by atoms with Crippen LogP contribution in [0.2, 0.25) is 0 Å². The molecule has 0 bridgehead atoms. The van der Waals surface area contributed by atoms with Crippen LogP contribution in [-0.4, -0.2) is 23.6 Å². The van der Waals surface area contributed by atoms with Gasteiger partial charge in [-0.25, -0.2) is 4.79 Å². The lowest BCUT2D eigenvalue weighted by Crippen LogP contribution is -2.44. The van der Waals surface area contributed by atoms with Crippen molar-refractivity contribution in [1.29, 1.82) is 0 Å². The zero-order valence-electron chi connectivity index (χ0n) is 15.0. The van der Waals surface area contributed by atoms with Crippen LogP contribution in [0.15, 0.2) is 23.3 Å². The Bertz CT molecular complexity index is 603. The van der Waals surface area contributed by atoms with Gasteiger partial charge in [0.05, 0.1) is 5.92 Å². The molecule has 24 heavy (non-hydrogen) atoms. The number of hydrogen-bond donors (Lipinski definition) is 0. The molecule has 2 fully saturated rings. The molecule has 3 aliphatic rings. The summed E-state index contributed by atoms with van der Waals surface area (Å²) in [4.78, 5) is 24.3. The molecule has 1 saturated carbocycles. The van der Waals surface area contributed by atoms with Gasteiger partial charge in [-0.3, -0.25) is 4.79 Å². The summed E-state index contributed by atoms with van der Waals surface area (Å²) >= 11 is 0. The molecule has 0 spiro atoms. The van der Waals surface area contributed by atoms with Crippen LogP contribution in [0.1, 0.15) is 65.7 Å². The molecule has 0 aromatic carbocycles. The summed E-state index contributed by atoms with van der Waals surface area (Å²) < 4.78 is 11.7. The standard InChI is InChI=1S/C20H28O4/c1-5-6-7-16(21)24-20(4)11-10-14-12(2)8-9-15-13(3)19(22)23-18(15)17(14)20/h15,17-18H,3,5-11H2,1-2,4H3/t15-,17-,18-,20+/m0/s1. The average molecular weight is 332 g/mol. The topological polar surface area (TPSA) is 52.6 Å². The molecule has 0 N–H and O–H groups in total. The molecule has 0 amide bonds. The monoisotopic (exact) mass is 332 g/mol. The Balaban J connectivity index is 1.90. The second-order valence-corrected chi connectivity index (χ2v) is 7.71. The van der Waals surface area contributed by atoms with E-state index in [1.54, 1.807) is 0 Å². The first-order valence-corrected chi connectivity index (χ1v) is 9.17. The quantitative estimate of drug-likeness (QED) is 0.442. The SMILES string of the molecule is C=C1C(=O)O[C@H]2[C@H]1CCC(C)=C1CC[C@@](C)(OC(=O)CCCC)[C@@H]12. The molecule has 4 heteroatoms. The number of hydrogen-bond acceptors (Lipinski definition) is 4. The van der Waals surface area contributed by atoms with E-state index in [-0.39, 0.29) is 29.9 Å². The molecule has 2 aliphatic carbocycles. The maximum absolute atomic E-state index is 12.3. The van der Waals surface area contributed by atoms with Crippen LogP contribution < -0.4 is 0 Å². The molecule has 132 valence electrons. The minimum atomic E-state index is -0.584. The average Bonchev–Trinajstić information content (AvgIpc) is 2.95. The van der Waals surface area contributed by atoms with Gasteiger partial charge in [0.15, 0.2) is 0 Å². The fourth-order valence-electron chi connectivity index (χ4n) is 4.64. The largest absolute Gasteiger partial charge is 0.459 e. The van der Waals surface area contributed by atoms with Crippen molar-refractivity contribution in [2.45, 2.75) is 77.4 Å². The second-order valence-electron chi connectivity index (χ2n) is 7.71. The zero-order valence-corrected chi connectivity index (χ0v) is 15.0. The first-order chi connectivity index (χ1) is 11.4. The maximum atomic E-state index is 12.3. The Morgan fingerprint density at radius 1 is 1.42 bits per heavy atom. The number of unbranched alkanes of at least 4 members (excludes halogenated alkanes) is 1. The van der Waals surface area contributed by atoms with E-state index >= 15 is 0 Å². The molecule has 4 atom stereocenters. The summed E-state index contributed by atoms with van der Waals surface area (Å²) in [6.07, 6.45) is 5.61. The summed E-state index contributed by atoms with van der Waals surface area (Å²) in [5, 5.41) is 0. The van der Waals surface area contributed by atoms with Crippen LogP contribution in [0.25, 0.3) is 0 Å². The third-order valence-corrected chi connectivity index (χ3v) is 6.06. The van der Waals surface area contributed by atoms with Gasteiger partial charge in [0.1, 0.15) is 11.7 Å². The Morgan fingerprint density at radius 2 is 2.17 bits per heavy atom. The van der Waals surface area contributed by atoms with Crippen LogP contribution in [-0.2, 0) is 19.1 Å². The van der Waals surface area contributed by atoms with Crippen LogP contribution in [0, 0.1) is 11.8 Å². The number of carbonyl (C=O) groups excluding carboxylic acids is 2. The van der Waals surface area contributed by atoms with Crippen molar-refractivity contribution in [3.8, 4) is 0 Å². The molecular weight excluding hydrogens is 304 g/mol. The van der Waals surface area contributed by atoms with Gasteiger partial charge in [-0.05, 0) is 46.0 Å². The highest BCUT2D eigenvalue weighted by Gasteiger charge is 2.56. The van der Waals surface area contributed by atoms with E-state index < -0.39 is 5.60 Å². The van der Waals surface area contributed by atoms with Gasteiger partial charge in [0.25, 0.3) is 0 Å². The van der Waals surface area contributed by atoms with Crippen molar-refractivity contribution in [2.24, 2.45) is 11.8 Å². The first-order valence-electron chi connectivity index (χ1n) is 9.17. The Kier molecular flexibility index (Phi) is 4.58. The number of ether oxygens (including phenoxy) is 2. The van der Waals surface area contributed by atoms with Gasteiger partial charge in [0.2, 0.25) is 0 Å². The summed E-state index contributed by atoms with van der Waals surface area (Å²) in [5.41, 5.74) is 2.70. The molecule has 1 saturated heterocycles. The normalized spacial score (nSPS) is 35.4. The number of rotatable bonds is 4. The van der Waals surface area contributed by atoms with Crippen molar-refractivity contribution >= 4 is 11.9 Å². The fraction of sp³-hybridized carbons (Fsp3) is 0.700. The predicted octanol–water partition coefficient (Wildman–Crippen LogP) is 4.10. The van der Waals surface area contributed by atoms with Gasteiger partial charge in [0, 0.05) is 17.9 Å². The van der Waals surface area contributed by atoms with Crippen molar-refractivity contribution in [3.05, 3.63) is 23.3 Å². The fourth-order valence-corrected chi connectivity index (χ4v) is 4.64. The van der Waals surface area contributed by atoms with Crippen LogP contribution in [0.3, 0.4) is 0 Å². The number of fused-ring (bicyclic) bond motifs is 3. The molecular formula is C20H28O4. The molecule has 1 aliphatic heterocycles. The minimum absolute atomic E-state index is 0.0289. The van der Waals surface area contributed by atoms with Gasteiger partial charge >= 0.3 is 11.9 Å². The smallest absolute Gasteiger partial charge is 0.334 e. The van der Waals surface area contributed by atoms with E-state index in [2.05, 4.69) is 20.4 Å². The number of carbonyl (C=O) groups is 2. The second kappa shape index (κ2) is 6.38. The van der Waals surface area contributed by atoms with Gasteiger partial charge in [-0.1, -0.05) is 31.1 Å². The first kappa shape index (κ1) is 17.2. The highest BCUT2D eigenvalue weighted by atomic mass is 16.6. The number of allylic oxidation sites excluding steroid dienone is 1. The van der Waals surface area contributed by atoms with Crippen molar-refractivity contribution in [2.75, 3.05) is 0 Å². The Morgan fingerprint density at radius 3 is 2.88 bits per heavy atom. The molecule has 0 radical (unpaired) electrons. The van der Waals surface area contributed by atoms with Crippen molar-refractivity contribution in [1.82, 2.24) is 0 Å². The van der Waals surface area contributed by atoms with Crippen LogP contribution in [0.5, 0.6) is 0 Å². The van der Waals surface area contributed by atoms with Gasteiger partial charge < -0.3 is 9.47 Å². The van der Waals surface area contributed by atoms with E-state index in [0.717, 1.165) is 38.5 Å². The predicted molar refractivity (Wildman–Crippen MR) is 91.2 cm³/mol. The van der Waals surface area contributed by atoms with Crippen molar-refractivity contribution < 1.29 is 19.1 Å². The molecule has 0 aromatic heterocycles. The van der Waals surface area contributed by atoms with Gasteiger partial charge in [-0.15, -0.1) is 0 Å². The maximum Gasteiger partial charge on any atom is 0.334 e. The van der Waals surface area contributed by atoms with E-state index in [1.807, 2.05) is 6.92 Å². The highest BCUT2D eigenvalue weighted by molar-refractivity contribution is 5.91. The van der Waals surface area contributed by atoms with Crippen molar-refractivity contribution in [3.63, 3.8) is 0 Å². The lowest BCUT2D eigenvalue weighted by Gasteiger charge is -2.36. The zero-order chi connectivity index (χ0) is 17.5. The molecule has 4 nitrogen and oxygen atoms in total. The Hall–Kier alpha value is -1.58. The number of esters is 2. The minimum Gasteiger partial charge on any atom is -0.459 e. The van der Waals surface area contributed by atoms with Crippen LogP contribution in [0.4, 0.5) is 0 Å². The van der Waals surface area contributed by atoms with E-state index in [4.69, 9.17) is 9.47 Å². The molecule has 1 heterocycles. The molecule has 3 rings (SSSR count). The van der Waals surface area contributed by atoms with Gasteiger partial charge in [-0.2, -0.15) is 0 Å². The summed E-state index contributed by atoms with van der Waals surface area (Å²) in [7, 11) is 0. The van der Waals surface area contributed by atoms with Crippen LogP contribution >= 0.6 is 0 Å². The third-order valence-electron chi connectivity index (χ3n) is 6.06. The molecule has 0 aromatic rings. The van der Waals surface area contributed by atoms with E-state index in [0.29, 0.717) is 12.0 Å². The summed E-state index contributed by atoms with van der Waals surface area (Å²) in [6.45, 7) is 10.2. The lowest BCUT2D eigenvalue weighted by atomic mass is 9.79. The van der Waals surface area contributed by atoms with E-state index in [9.17, 15) is 9.59 Å². The highest BCUT2D eigenvalue weighted by Crippen LogP contribution is 2.53. The van der Waals surface area contributed by atoms with E-state index in [1.165, 1.54) is 11.1 Å².